The monoisotopic (exact) mass is 324 g/mol. The summed E-state index contributed by atoms with van der Waals surface area (Å²) < 4.78 is 5.06. The Bertz CT molecular complexity index is 655. The molecule has 2 rings (SSSR count). The van der Waals surface area contributed by atoms with Gasteiger partial charge in [-0.15, -0.1) is 11.3 Å². The Kier molecular flexibility index (Phi) is 5.33. The molecule has 0 saturated carbocycles. The number of anilines is 1. The lowest BCUT2D eigenvalue weighted by atomic mass is 10.2. The number of ether oxygens (including phenoxy) is 1. The first-order valence-corrected chi connectivity index (χ1v) is 7.69. The lowest BCUT2D eigenvalue weighted by molar-refractivity contribution is -0.115. The molecule has 1 aromatic heterocycles. The minimum atomic E-state index is -0.0731. The zero-order valence-corrected chi connectivity index (χ0v) is 13.8. The Morgan fingerprint density at radius 1 is 1.43 bits per heavy atom. The highest BCUT2D eigenvalue weighted by Crippen LogP contribution is 2.22. The summed E-state index contributed by atoms with van der Waals surface area (Å²) in [5.74, 6) is -0.0731. The number of halogens is 1. The van der Waals surface area contributed by atoms with E-state index in [2.05, 4.69) is 10.3 Å². The van der Waals surface area contributed by atoms with Gasteiger partial charge in [0.15, 0.2) is 0 Å². The fourth-order valence-corrected chi connectivity index (χ4v) is 3.12. The third-order valence-corrected chi connectivity index (χ3v) is 4.37. The molecular weight excluding hydrogens is 308 g/mol. The van der Waals surface area contributed by atoms with Crippen molar-refractivity contribution in [2.75, 3.05) is 12.4 Å². The van der Waals surface area contributed by atoms with Crippen LogP contribution in [0, 0.1) is 13.8 Å². The lowest BCUT2D eigenvalue weighted by Crippen LogP contribution is -2.15. The third kappa shape index (κ3) is 4.27. The first kappa shape index (κ1) is 15.9. The van der Waals surface area contributed by atoms with E-state index in [-0.39, 0.29) is 5.91 Å². The molecule has 0 aliphatic rings. The first-order valence-electron chi connectivity index (χ1n) is 6.49. The van der Waals surface area contributed by atoms with Crippen LogP contribution >= 0.6 is 22.9 Å². The molecule has 0 radical (unpaired) electrons. The minimum Gasteiger partial charge on any atom is -0.378 e. The van der Waals surface area contributed by atoms with E-state index in [4.69, 9.17) is 16.3 Å². The number of methoxy groups -OCH3 is 1. The number of carbonyl (C=O) groups is 1. The van der Waals surface area contributed by atoms with E-state index in [1.165, 1.54) is 11.3 Å². The van der Waals surface area contributed by atoms with Crippen LogP contribution in [0.15, 0.2) is 18.2 Å². The van der Waals surface area contributed by atoms with E-state index in [0.717, 1.165) is 26.8 Å². The second-order valence-corrected chi connectivity index (χ2v) is 6.34. The Hall–Kier alpha value is -1.43. The topological polar surface area (TPSA) is 51.2 Å². The molecule has 0 atom stereocenters. The molecule has 0 fully saturated rings. The van der Waals surface area contributed by atoms with Crippen LogP contribution in [0.3, 0.4) is 0 Å². The summed E-state index contributed by atoms with van der Waals surface area (Å²) in [6.07, 6.45) is 0.305. The molecule has 2 aromatic rings. The van der Waals surface area contributed by atoms with E-state index in [0.29, 0.717) is 18.1 Å². The number of hydrogen-bond acceptors (Lipinski definition) is 4. The number of aryl methyl sites for hydroxylation is 2. The van der Waals surface area contributed by atoms with Gasteiger partial charge in [0.05, 0.1) is 18.7 Å². The number of amides is 1. The van der Waals surface area contributed by atoms with Crippen LogP contribution < -0.4 is 5.32 Å². The molecule has 1 amide bonds. The summed E-state index contributed by atoms with van der Waals surface area (Å²) in [4.78, 5) is 17.5. The van der Waals surface area contributed by atoms with Gasteiger partial charge >= 0.3 is 0 Å². The zero-order chi connectivity index (χ0) is 15.4. The van der Waals surface area contributed by atoms with Gasteiger partial charge in [0.2, 0.25) is 5.91 Å². The molecule has 0 spiro atoms. The Morgan fingerprint density at radius 3 is 2.90 bits per heavy atom. The maximum Gasteiger partial charge on any atom is 0.229 e. The van der Waals surface area contributed by atoms with Crippen molar-refractivity contribution in [3.8, 4) is 0 Å². The van der Waals surface area contributed by atoms with Gasteiger partial charge in [-0.05, 0) is 31.5 Å². The average molecular weight is 325 g/mol. The van der Waals surface area contributed by atoms with Gasteiger partial charge in [0.25, 0.3) is 0 Å². The standard InChI is InChI=1S/C15H17ClN2O2S/c1-9-4-5-11(16)6-12(9)18-14(19)7-13-10(2)17-15(21-13)8-20-3/h4-6H,7-8H2,1-3H3,(H,18,19). The number of hydrogen-bond donors (Lipinski definition) is 1. The van der Waals surface area contributed by atoms with Gasteiger partial charge in [-0.3, -0.25) is 4.79 Å². The number of aromatic nitrogens is 1. The second-order valence-electron chi connectivity index (χ2n) is 4.73. The summed E-state index contributed by atoms with van der Waals surface area (Å²) in [7, 11) is 1.63. The molecule has 0 unspecified atom stereocenters. The molecule has 6 heteroatoms. The molecule has 1 heterocycles. The number of rotatable bonds is 5. The smallest absolute Gasteiger partial charge is 0.229 e. The van der Waals surface area contributed by atoms with Crippen molar-refractivity contribution in [2.45, 2.75) is 26.9 Å². The third-order valence-electron chi connectivity index (χ3n) is 3.00. The molecule has 112 valence electrons. The summed E-state index contributed by atoms with van der Waals surface area (Å²) in [6, 6.07) is 5.44. The van der Waals surface area contributed by atoms with Crippen LogP contribution in [-0.4, -0.2) is 18.0 Å². The Morgan fingerprint density at radius 2 is 2.19 bits per heavy atom. The lowest BCUT2D eigenvalue weighted by Gasteiger charge is -2.08. The number of nitrogens with zero attached hydrogens (tertiary/aromatic N) is 1. The molecule has 0 aliphatic heterocycles. The van der Waals surface area contributed by atoms with Crippen molar-refractivity contribution in [2.24, 2.45) is 0 Å². The van der Waals surface area contributed by atoms with Gasteiger partial charge in [0.1, 0.15) is 5.01 Å². The van der Waals surface area contributed by atoms with Gasteiger partial charge in [-0.2, -0.15) is 0 Å². The Labute approximate surface area is 133 Å². The van der Waals surface area contributed by atoms with Crippen LogP contribution in [0.4, 0.5) is 5.69 Å². The fourth-order valence-electron chi connectivity index (χ4n) is 1.91. The van der Waals surface area contributed by atoms with Crippen molar-refractivity contribution < 1.29 is 9.53 Å². The van der Waals surface area contributed by atoms with E-state index in [1.54, 1.807) is 19.2 Å². The molecular formula is C15H17ClN2O2S. The summed E-state index contributed by atoms with van der Waals surface area (Å²) in [5.41, 5.74) is 2.60. The quantitative estimate of drug-likeness (QED) is 0.911. The van der Waals surface area contributed by atoms with E-state index in [9.17, 15) is 4.79 Å². The Balaban J connectivity index is 2.06. The summed E-state index contributed by atoms with van der Waals surface area (Å²) in [5, 5.41) is 4.38. The molecule has 4 nitrogen and oxygen atoms in total. The highest BCUT2D eigenvalue weighted by Gasteiger charge is 2.13. The number of nitrogens with one attached hydrogen (secondary N) is 1. The van der Waals surface area contributed by atoms with Crippen LogP contribution in [0.5, 0.6) is 0 Å². The van der Waals surface area contributed by atoms with E-state index >= 15 is 0 Å². The molecule has 1 N–H and O–H groups in total. The largest absolute Gasteiger partial charge is 0.378 e. The minimum absolute atomic E-state index is 0.0731. The number of carbonyl (C=O) groups excluding carboxylic acids is 1. The normalized spacial score (nSPS) is 10.7. The van der Waals surface area contributed by atoms with Crippen molar-refractivity contribution >= 4 is 34.5 Å². The maximum atomic E-state index is 12.2. The second kappa shape index (κ2) is 7.02. The SMILES string of the molecule is COCc1nc(C)c(CC(=O)Nc2cc(Cl)ccc2C)s1. The highest BCUT2D eigenvalue weighted by atomic mass is 35.5. The molecule has 0 aliphatic carbocycles. The van der Waals surface area contributed by atoms with Crippen molar-refractivity contribution in [3.05, 3.63) is 44.4 Å². The average Bonchev–Trinajstić information content (AvgIpc) is 2.74. The predicted octanol–water partition coefficient (Wildman–Crippen LogP) is 3.74. The van der Waals surface area contributed by atoms with Crippen LogP contribution in [0.25, 0.3) is 0 Å². The van der Waals surface area contributed by atoms with Gasteiger partial charge in [-0.25, -0.2) is 4.98 Å². The van der Waals surface area contributed by atoms with Crippen molar-refractivity contribution in [1.82, 2.24) is 4.98 Å². The van der Waals surface area contributed by atoms with Gasteiger partial charge in [-0.1, -0.05) is 17.7 Å². The van der Waals surface area contributed by atoms with Crippen LogP contribution in [0.1, 0.15) is 21.1 Å². The first-order chi connectivity index (χ1) is 9.99. The van der Waals surface area contributed by atoms with Crippen LogP contribution in [0.2, 0.25) is 5.02 Å². The van der Waals surface area contributed by atoms with Crippen molar-refractivity contribution in [1.29, 1.82) is 0 Å². The maximum absolute atomic E-state index is 12.2. The number of benzene rings is 1. The fraction of sp³-hybridized carbons (Fsp3) is 0.333. The van der Waals surface area contributed by atoms with Crippen molar-refractivity contribution in [3.63, 3.8) is 0 Å². The van der Waals surface area contributed by atoms with E-state index in [1.807, 2.05) is 19.9 Å². The molecule has 1 aromatic carbocycles. The van der Waals surface area contributed by atoms with Gasteiger partial charge < -0.3 is 10.1 Å². The molecule has 21 heavy (non-hydrogen) atoms. The van der Waals surface area contributed by atoms with E-state index < -0.39 is 0 Å². The highest BCUT2D eigenvalue weighted by molar-refractivity contribution is 7.11. The summed E-state index contributed by atoms with van der Waals surface area (Å²) >= 11 is 7.46. The molecule has 0 saturated heterocycles. The van der Waals surface area contributed by atoms with Crippen LogP contribution in [-0.2, 0) is 22.6 Å². The molecule has 0 bridgehead atoms. The van der Waals surface area contributed by atoms with Gasteiger partial charge in [0, 0.05) is 22.7 Å². The summed E-state index contributed by atoms with van der Waals surface area (Å²) in [6.45, 7) is 4.31. The zero-order valence-electron chi connectivity index (χ0n) is 12.2. The number of thiazole rings is 1. The predicted molar refractivity (Wildman–Crippen MR) is 86.1 cm³/mol.